The van der Waals surface area contributed by atoms with Crippen LogP contribution in [0.25, 0.3) is 20.6 Å². The summed E-state index contributed by atoms with van der Waals surface area (Å²) < 4.78 is 5.84. The number of benzene rings is 1. The second kappa shape index (κ2) is 10.9. The number of H-pyrrole nitrogens is 1. The lowest BCUT2D eigenvalue weighted by Crippen LogP contribution is -2.38. The minimum atomic E-state index is -0.315. The Hall–Kier alpha value is -3.14. The van der Waals surface area contributed by atoms with Gasteiger partial charge in [0.05, 0.1) is 6.57 Å². The number of amides is 1. The summed E-state index contributed by atoms with van der Waals surface area (Å²) in [6.07, 6.45) is 5.33. The number of aromatic amines is 1. The van der Waals surface area contributed by atoms with Gasteiger partial charge in [0.15, 0.2) is 0 Å². The van der Waals surface area contributed by atoms with Gasteiger partial charge in [-0.3, -0.25) is 14.5 Å². The fraction of sp³-hybridized carbons (Fsp3) is 0.304. The summed E-state index contributed by atoms with van der Waals surface area (Å²) in [7, 11) is 0. The first-order chi connectivity index (χ1) is 14.6. The molecule has 1 aliphatic rings. The Bertz CT molecular complexity index is 1160. The van der Waals surface area contributed by atoms with E-state index in [0.717, 1.165) is 29.3 Å². The molecule has 0 aliphatic carbocycles. The van der Waals surface area contributed by atoms with Crippen LogP contribution in [-0.4, -0.2) is 33.5 Å². The van der Waals surface area contributed by atoms with Crippen molar-refractivity contribution in [3.05, 3.63) is 71.1 Å². The average Bonchev–Trinajstić information content (AvgIpc) is 3.40. The highest BCUT2D eigenvalue weighted by atomic mass is 32.1. The van der Waals surface area contributed by atoms with Gasteiger partial charge in [0, 0.05) is 42.2 Å². The van der Waals surface area contributed by atoms with E-state index in [1.165, 1.54) is 6.20 Å². The molecule has 0 radical (unpaired) electrons. The van der Waals surface area contributed by atoms with Crippen LogP contribution in [0.15, 0.2) is 42.7 Å². The maximum atomic E-state index is 12.9. The maximum absolute atomic E-state index is 12.9. The first kappa shape index (κ1) is 25.1. The number of fused-ring (bicyclic) bond motifs is 1. The number of likely N-dealkylation sites (tertiary alicyclic amines) is 1. The molecule has 166 valence electrons. The first-order valence-corrected chi connectivity index (χ1v) is 9.87. The van der Waals surface area contributed by atoms with E-state index in [-0.39, 0.29) is 45.0 Å². The number of carbonyl (C=O) groups is 1. The Morgan fingerprint density at radius 1 is 1.31 bits per heavy atom. The van der Waals surface area contributed by atoms with Gasteiger partial charge >= 0.3 is 6.17 Å². The molecule has 0 spiro atoms. The van der Waals surface area contributed by atoms with E-state index < -0.39 is 0 Å². The van der Waals surface area contributed by atoms with Crippen molar-refractivity contribution in [2.24, 2.45) is 5.92 Å². The van der Waals surface area contributed by atoms with Crippen molar-refractivity contribution >= 4 is 49.5 Å². The van der Waals surface area contributed by atoms with E-state index in [9.17, 15) is 4.79 Å². The van der Waals surface area contributed by atoms with E-state index >= 15 is 0 Å². The molecule has 1 fully saturated rings. The molecule has 1 aromatic carbocycles. The normalized spacial score (nSPS) is 15.7. The number of nitrogens with one attached hydrogen (secondary N) is 1. The third-order valence-electron chi connectivity index (χ3n) is 5.41. The molecule has 1 aliphatic heterocycles. The van der Waals surface area contributed by atoms with Crippen LogP contribution in [0.4, 0.5) is 5.69 Å². The molecule has 32 heavy (non-hydrogen) atoms. The fourth-order valence-corrected chi connectivity index (χ4v) is 3.85. The van der Waals surface area contributed by atoms with Crippen molar-refractivity contribution in [2.75, 3.05) is 6.54 Å². The van der Waals surface area contributed by atoms with Crippen LogP contribution in [0.3, 0.4) is 0 Å². The van der Waals surface area contributed by atoms with Crippen molar-refractivity contribution in [1.82, 2.24) is 14.9 Å². The molecule has 2 atom stereocenters. The van der Waals surface area contributed by atoms with E-state index in [2.05, 4.69) is 19.7 Å². The van der Waals surface area contributed by atoms with Crippen molar-refractivity contribution in [3.63, 3.8) is 0 Å². The number of hydrogen-bond acceptors (Lipinski definition) is 3. The number of nitrogens with zero attached hydrogens (tertiary/aromatic N) is 4. The third kappa shape index (κ3) is 5.18. The second-order valence-electron chi connectivity index (χ2n) is 7.48. The topological polar surface area (TPSA) is 66.9 Å². The predicted octanol–water partition coefficient (Wildman–Crippen LogP) is 5.18. The van der Waals surface area contributed by atoms with Gasteiger partial charge in [0.1, 0.15) is 5.75 Å². The fourth-order valence-electron chi connectivity index (χ4n) is 3.85. The molecular weight excluding hydrogens is 442 g/mol. The third-order valence-corrected chi connectivity index (χ3v) is 5.41. The van der Waals surface area contributed by atoms with Crippen LogP contribution in [0.5, 0.6) is 11.6 Å². The average molecular weight is 468 g/mol. The summed E-state index contributed by atoms with van der Waals surface area (Å²) in [5.41, 5.74) is 2.46. The molecular formula is C23H25N5O2S2. The lowest BCUT2D eigenvalue weighted by atomic mass is 9.99. The summed E-state index contributed by atoms with van der Waals surface area (Å²) in [5.74, 6) is 0.887. The monoisotopic (exact) mass is 467 g/mol. The lowest BCUT2D eigenvalue weighted by Gasteiger charge is -2.20. The SMILES string of the molecule is S.S.[C-]#[N+]c1ccc(Oc2ccc3[nH]cc(C[C@H](C)C(=O)N4CCC[C@H]4[N+]#[C-])c3c2)nc1. The zero-order valence-electron chi connectivity index (χ0n) is 17.6. The molecule has 9 heteroatoms. The zero-order valence-corrected chi connectivity index (χ0v) is 19.6. The molecule has 0 bridgehead atoms. The smallest absolute Gasteiger partial charge is 0.300 e. The number of aromatic nitrogens is 2. The van der Waals surface area contributed by atoms with Crippen molar-refractivity contribution < 1.29 is 9.53 Å². The van der Waals surface area contributed by atoms with Gasteiger partial charge in [-0.05, 0) is 48.7 Å². The standard InChI is InChI=1S/C23H21N5O2.2H2S/c1-15(23(29)28-10-4-5-21(28)25-3)11-16-13-26-20-8-7-18(12-19(16)20)30-22-9-6-17(24-2)14-27-22;;/h6-9,12-15,21,26H,4-5,10-11H2,1H3;2*1H2/t15-,21-;;/m0../s1. The van der Waals surface area contributed by atoms with E-state index in [4.69, 9.17) is 17.9 Å². The van der Waals surface area contributed by atoms with Gasteiger partial charge in [0.25, 0.3) is 0 Å². The van der Waals surface area contributed by atoms with Crippen LogP contribution >= 0.6 is 27.0 Å². The van der Waals surface area contributed by atoms with Gasteiger partial charge < -0.3 is 9.72 Å². The molecule has 1 saturated heterocycles. The largest absolute Gasteiger partial charge is 0.439 e. The van der Waals surface area contributed by atoms with E-state index in [0.29, 0.717) is 30.3 Å². The summed E-state index contributed by atoms with van der Waals surface area (Å²) >= 11 is 0. The highest BCUT2D eigenvalue weighted by molar-refractivity contribution is 7.59. The predicted molar refractivity (Wildman–Crippen MR) is 134 cm³/mol. The van der Waals surface area contributed by atoms with Gasteiger partial charge in [-0.2, -0.15) is 27.0 Å². The molecule has 0 saturated carbocycles. The molecule has 4 rings (SSSR count). The van der Waals surface area contributed by atoms with Gasteiger partial charge in [-0.1, -0.05) is 6.92 Å². The van der Waals surface area contributed by atoms with E-state index in [1.54, 1.807) is 17.0 Å². The second-order valence-corrected chi connectivity index (χ2v) is 7.48. The van der Waals surface area contributed by atoms with Crippen molar-refractivity contribution in [2.45, 2.75) is 32.4 Å². The Kier molecular flexibility index (Phi) is 8.59. The zero-order chi connectivity index (χ0) is 21.1. The molecule has 0 unspecified atom stereocenters. The van der Waals surface area contributed by atoms with Crippen LogP contribution in [0, 0.1) is 19.1 Å². The van der Waals surface area contributed by atoms with Crippen molar-refractivity contribution in [3.8, 4) is 11.6 Å². The summed E-state index contributed by atoms with van der Waals surface area (Å²) in [4.78, 5) is 28.9. The molecule has 3 aromatic rings. The highest BCUT2D eigenvalue weighted by Crippen LogP contribution is 2.29. The maximum Gasteiger partial charge on any atom is 0.300 e. The Morgan fingerprint density at radius 2 is 2.12 bits per heavy atom. The lowest BCUT2D eigenvalue weighted by molar-refractivity contribution is -0.135. The van der Waals surface area contributed by atoms with Gasteiger partial charge in [-0.15, -0.1) is 0 Å². The Morgan fingerprint density at radius 3 is 2.81 bits per heavy atom. The minimum Gasteiger partial charge on any atom is -0.439 e. The van der Waals surface area contributed by atoms with Crippen LogP contribution in [0.1, 0.15) is 25.3 Å². The summed E-state index contributed by atoms with van der Waals surface area (Å²) in [6, 6.07) is 9.05. The Balaban J connectivity index is 0.00000181. The summed E-state index contributed by atoms with van der Waals surface area (Å²) in [6.45, 7) is 16.9. The number of carbonyl (C=O) groups excluding carboxylic acids is 1. The number of hydrogen-bond donors (Lipinski definition) is 1. The van der Waals surface area contributed by atoms with E-state index in [1.807, 2.05) is 31.3 Å². The molecule has 2 aromatic heterocycles. The van der Waals surface area contributed by atoms with Crippen LogP contribution in [0.2, 0.25) is 0 Å². The van der Waals surface area contributed by atoms with Crippen LogP contribution < -0.4 is 4.74 Å². The quantitative estimate of drug-likeness (QED) is 0.526. The molecule has 7 nitrogen and oxygen atoms in total. The van der Waals surface area contributed by atoms with Gasteiger partial charge in [-0.25, -0.2) is 16.4 Å². The summed E-state index contributed by atoms with van der Waals surface area (Å²) in [5, 5.41) is 0.994. The van der Waals surface area contributed by atoms with Crippen molar-refractivity contribution in [1.29, 1.82) is 0 Å². The molecule has 3 heterocycles. The molecule has 1 N–H and O–H groups in total. The number of pyridine rings is 1. The number of rotatable bonds is 5. The van der Waals surface area contributed by atoms with Crippen LogP contribution in [-0.2, 0) is 11.2 Å². The Labute approximate surface area is 201 Å². The minimum absolute atomic E-state index is 0. The highest BCUT2D eigenvalue weighted by Gasteiger charge is 2.35. The van der Waals surface area contributed by atoms with Gasteiger partial charge in [0.2, 0.25) is 17.5 Å². The number of ether oxygens (including phenoxy) is 1. The molecule has 1 amide bonds. The first-order valence-electron chi connectivity index (χ1n) is 9.87.